The summed E-state index contributed by atoms with van der Waals surface area (Å²) in [5.41, 5.74) is 2.20. The van der Waals surface area contributed by atoms with Crippen molar-refractivity contribution in [2.24, 2.45) is 4.99 Å². The molecule has 1 aliphatic rings. The molecule has 2 heterocycles. The van der Waals surface area contributed by atoms with Crippen molar-refractivity contribution >= 4 is 29.7 Å². The minimum absolute atomic E-state index is 0.227. The molecular formula is C21H15NO3S. The summed E-state index contributed by atoms with van der Waals surface area (Å²) in [7, 11) is 0. The molecular weight excluding hydrogens is 346 g/mol. The number of carbonyl (C=O) groups excluding carboxylic acids is 1. The Kier molecular flexibility index (Phi) is 4.46. The van der Waals surface area contributed by atoms with Gasteiger partial charge in [0.2, 0.25) is 5.90 Å². The Morgan fingerprint density at radius 3 is 2.50 bits per heavy atom. The zero-order chi connectivity index (χ0) is 17.9. The maximum absolute atomic E-state index is 12.0. The van der Waals surface area contributed by atoms with Crippen molar-refractivity contribution in [3.05, 3.63) is 89.3 Å². The third-order valence-electron chi connectivity index (χ3n) is 3.76. The number of carbonyl (C=O) groups is 1. The summed E-state index contributed by atoms with van der Waals surface area (Å²) in [5.74, 6) is 0.389. The highest BCUT2D eigenvalue weighted by Crippen LogP contribution is 2.30. The van der Waals surface area contributed by atoms with Crippen LogP contribution in [0.15, 0.2) is 91.8 Å². The summed E-state index contributed by atoms with van der Waals surface area (Å²) in [4.78, 5) is 17.4. The molecule has 0 saturated carbocycles. The van der Waals surface area contributed by atoms with Crippen LogP contribution in [0.4, 0.5) is 0 Å². The monoisotopic (exact) mass is 361 g/mol. The quantitative estimate of drug-likeness (QED) is 0.480. The van der Waals surface area contributed by atoms with Crippen molar-refractivity contribution in [1.82, 2.24) is 0 Å². The fourth-order valence-corrected chi connectivity index (χ4v) is 3.22. The molecule has 0 fully saturated rings. The van der Waals surface area contributed by atoms with Gasteiger partial charge in [0.15, 0.2) is 10.8 Å². The van der Waals surface area contributed by atoms with Crippen molar-refractivity contribution in [3.8, 4) is 0 Å². The number of cyclic esters (lactones) is 1. The second-order valence-corrected chi connectivity index (χ2v) is 6.85. The van der Waals surface area contributed by atoms with E-state index in [1.165, 1.54) is 17.3 Å². The molecule has 0 bridgehead atoms. The van der Waals surface area contributed by atoms with E-state index in [0.717, 1.165) is 15.6 Å². The second kappa shape index (κ2) is 7.06. The molecule has 1 aliphatic heterocycles. The third kappa shape index (κ3) is 3.63. The van der Waals surface area contributed by atoms with Crippen LogP contribution in [0, 0.1) is 6.92 Å². The molecule has 1 aromatic heterocycles. The average Bonchev–Trinajstić information content (AvgIpc) is 3.25. The van der Waals surface area contributed by atoms with Crippen molar-refractivity contribution in [3.63, 3.8) is 0 Å². The summed E-state index contributed by atoms with van der Waals surface area (Å²) in [6, 6.07) is 21.2. The van der Waals surface area contributed by atoms with Gasteiger partial charge < -0.3 is 9.15 Å². The number of ether oxygens (including phenoxy) is 1. The molecule has 0 unspecified atom stereocenters. The van der Waals surface area contributed by atoms with Crippen LogP contribution < -0.4 is 0 Å². The van der Waals surface area contributed by atoms with Crippen molar-refractivity contribution in [1.29, 1.82) is 0 Å². The highest BCUT2D eigenvalue weighted by atomic mass is 32.2. The number of hydrogen-bond donors (Lipinski definition) is 0. The van der Waals surface area contributed by atoms with Crippen LogP contribution in [0.1, 0.15) is 16.9 Å². The molecule has 0 radical (unpaired) electrons. The predicted octanol–water partition coefficient (Wildman–Crippen LogP) is 5.08. The third-order valence-corrected chi connectivity index (χ3v) is 4.69. The first-order valence-electron chi connectivity index (χ1n) is 8.10. The lowest BCUT2D eigenvalue weighted by atomic mass is 10.2. The largest absolute Gasteiger partial charge is 0.450 e. The summed E-state index contributed by atoms with van der Waals surface area (Å²) in [5, 5.41) is 0.749. The Bertz CT molecular complexity index is 1000. The number of aliphatic imine (C=N–C) groups is 1. The van der Waals surface area contributed by atoms with Gasteiger partial charge in [-0.3, -0.25) is 0 Å². The molecule has 3 aromatic rings. The molecule has 2 aromatic carbocycles. The summed E-state index contributed by atoms with van der Waals surface area (Å²) in [6.07, 6.45) is 1.59. The van der Waals surface area contributed by atoms with Gasteiger partial charge in [-0.05, 0) is 43.3 Å². The van der Waals surface area contributed by atoms with E-state index < -0.39 is 5.97 Å². The van der Waals surface area contributed by atoms with Gasteiger partial charge >= 0.3 is 5.97 Å². The summed E-state index contributed by atoms with van der Waals surface area (Å²) < 4.78 is 11.0. The lowest BCUT2D eigenvalue weighted by Gasteiger charge is -1.98. The first-order chi connectivity index (χ1) is 12.7. The molecule has 0 spiro atoms. The van der Waals surface area contributed by atoms with Crippen LogP contribution in [-0.4, -0.2) is 11.9 Å². The van der Waals surface area contributed by atoms with Gasteiger partial charge in [-0.15, -0.1) is 0 Å². The number of aryl methyl sites for hydroxylation is 1. The SMILES string of the molecule is Cc1ccc(Sc2ccc(/C=C3\N=C(c4ccccc4)OC3=O)o2)cc1. The first-order valence-corrected chi connectivity index (χ1v) is 8.91. The van der Waals surface area contributed by atoms with E-state index in [2.05, 4.69) is 24.0 Å². The van der Waals surface area contributed by atoms with Crippen LogP contribution in [0.2, 0.25) is 0 Å². The van der Waals surface area contributed by atoms with E-state index in [1.54, 1.807) is 6.08 Å². The Hall–Kier alpha value is -3.05. The average molecular weight is 361 g/mol. The van der Waals surface area contributed by atoms with Crippen LogP contribution in [0.3, 0.4) is 0 Å². The Morgan fingerprint density at radius 2 is 1.73 bits per heavy atom. The van der Waals surface area contributed by atoms with Gasteiger partial charge in [0.25, 0.3) is 0 Å². The van der Waals surface area contributed by atoms with Crippen molar-refractivity contribution in [2.45, 2.75) is 16.9 Å². The molecule has 0 amide bonds. The normalized spacial score (nSPS) is 15.2. The van der Waals surface area contributed by atoms with Crippen LogP contribution >= 0.6 is 11.8 Å². The molecule has 0 aliphatic carbocycles. The molecule has 4 rings (SSSR count). The number of benzene rings is 2. The van der Waals surface area contributed by atoms with Gasteiger partial charge in [-0.2, -0.15) is 0 Å². The maximum Gasteiger partial charge on any atom is 0.363 e. The number of hydrogen-bond acceptors (Lipinski definition) is 5. The second-order valence-electron chi connectivity index (χ2n) is 5.77. The number of rotatable bonds is 4. The number of nitrogens with zero attached hydrogens (tertiary/aromatic N) is 1. The van der Waals surface area contributed by atoms with E-state index in [9.17, 15) is 4.79 Å². The zero-order valence-corrected chi connectivity index (χ0v) is 14.8. The van der Waals surface area contributed by atoms with Gasteiger partial charge in [0, 0.05) is 16.5 Å². The molecule has 128 valence electrons. The minimum Gasteiger partial charge on any atom is -0.450 e. The topological polar surface area (TPSA) is 51.8 Å². The van der Waals surface area contributed by atoms with E-state index in [0.29, 0.717) is 11.7 Å². The molecule has 0 saturated heterocycles. The molecule has 4 nitrogen and oxygen atoms in total. The van der Waals surface area contributed by atoms with Crippen molar-refractivity contribution in [2.75, 3.05) is 0 Å². The first kappa shape index (κ1) is 16.4. The fourth-order valence-electron chi connectivity index (χ4n) is 2.44. The standard InChI is InChI=1S/C21H15NO3S/c1-14-7-10-17(11-8-14)26-19-12-9-16(24-19)13-18-21(23)25-20(22-18)15-5-3-2-4-6-15/h2-13H,1H3/b18-13-. The van der Waals surface area contributed by atoms with Crippen LogP contribution in [-0.2, 0) is 9.53 Å². The molecule has 26 heavy (non-hydrogen) atoms. The molecule has 0 N–H and O–H groups in total. The van der Waals surface area contributed by atoms with Gasteiger partial charge in [-0.25, -0.2) is 9.79 Å². The zero-order valence-electron chi connectivity index (χ0n) is 14.0. The lowest BCUT2D eigenvalue weighted by molar-refractivity contribution is -0.129. The Balaban J connectivity index is 1.53. The van der Waals surface area contributed by atoms with Crippen LogP contribution in [0.25, 0.3) is 6.08 Å². The van der Waals surface area contributed by atoms with E-state index in [4.69, 9.17) is 9.15 Å². The van der Waals surface area contributed by atoms with Crippen molar-refractivity contribution < 1.29 is 13.9 Å². The Labute approximate surface area is 155 Å². The predicted molar refractivity (Wildman–Crippen MR) is 101 cm³/mol. The molecule has 0 atom stereocenters. The van der Waals surface area contributed by atoms with E-state index >= 15 is 0 Å². The summed E-state index contributed by atoms with van der Waals surface area (Å²) >= 11 is 1.53. The number of furan rings is 1. The lowest BCUT2D eigenvalue weighted by Crippen LogP contribution is -2.04. The van der Waals surface area contributed by atoms with E-state index in [1.807, 2.05) is 54.6 Å². The fraction of sp³-hybridized carbons (Fsp3) is 0.0476. The van der Waals surface area contributed by atoms with Crippen LogP contribution in [0.5, 0.6) is 0 Å². The molecule has 5 heteroatoms. The van der Waals surface area contributed by atoms with Gasteiger partial charge in [0.05, 0.1) is 0 Å². The van der Waals surface area contributed by atoms with Gasteiger partial charge in [-0.1, -0.05) is 47.7 Å². The smallest absolute Gasteiger partial charge is 0.363 e. The number of esters is 1. The highest BCUT2D eigenvalue weighted by molar-refractivity contribution is 7.99. The van der Waals surface area contributed by atoms with Gasteiger partial charge in [0.1, 0.15) is 5.76 Å². The minimum atomic E-state index is -0.479. The van der Waals surface area contributed by atoms with E-state index in [-0.39, 0.29) is 5.70 Å². The maximum atomic E-state index is 12.0. The highest BCUT2D eigenvalue weighted by Gasteiger charge is 2.24. The Morgan fingerprint density at radius 1 is 0.962 bits per heavy atom. The summed E-state index contributed by atoms with van der Waals surface area (Å²) in [6.45, 7) is 2.05.